The highest BCUT2D eigenvalue weighted by molar-refractivity contribution is 14.1. The van der Waals surface area contributed by atoms with Gasteiger partial charge >= 0.3 is 6.18 Å². The molecule has 0 radical (unpaired) electrons. The highest BCUT2D eigenvalue weighted by Gasteiger charge is 2.33. The summed E-state index contributed by atoms with van der Waals surface area (Å²) in [6.45, 7) is 0. The van der Waals surface area contributed by atoms with Crippen LogP contribution in [-0.4, -0.2) is 4.98 Å². The number of rotatable bonds is 1. The Balaban J connectivity index is 3.22. The van der Waals surface area contributed by atoms with Crippen molar-refractivity contribution in [2.75, 3.05) is 0 Å². The molecule has 1 rings (SSSR count). The highest BCUT2D eigenvalue weighted by Crippen LogP contribution is 2.33. The summed E-state index contributed by atoms with van der Waals surface area (Å²) in [6.07, 6.45) is -3.43. The predicted octanol–water partition coefficient (Wildman–Crippen LogP) is 2.77. The second kappa shape index (κ2) is 4.13. The van der Waals surface area contributed by atoms with Crippen molar-refractivity contribution in [1.29, 1.82) is 5.26 Å². The van der Waals surface area contributed by atoms with E-state index in [1.165, 1.54) is 0 Å². The summed E-state index contributed by atoms with van der Waals surface area (Å²) < 4.78 is 37.1. The van der Waals surface area contributed by atoms with Crippen molar-refractivity contribution in [3.8, 4) is 6.07 Å². The van der Waals surface area contributed by atoms with Gasteiger partial charge in [-0.2, -0.15) is 18.4 Å². The SMILES string of the molecule is N#CCc1nccc(C(F)(F)F)c1I. The van der Waals surface area contributed by atoms with Crippen LogP contribution >= 0.6 is 22.6 Å². The van der Waals surface area contributed by atoms with E-state index in [0.29, 0.717) is 0 Å². The summed E-state index contributed by atoms with van der Waals surface area (Å²) in [4.78, 5) is 3.71. The molecule has 2 nitrogen and oxygen atoms in total. The number of nitrogens with zero attached hydrogens (tertiary/aromatic N) is 2. The third kappa shape index (κ3) is 2.35. The Morgan fingerprint density at radius 3 is 2.64 bits per heavy atom. The third-order valence-electron chi connectivity index (χ3n) is 1.51. The van der Waals surface area contributed by atoms with Crippen molar-refractivity contribution in [2.24, 2.45) is 0 Å². The molecule has 0 bridgehead atoms. The van der Waals surface area contributed by atoms with Gasteiger partial charge in [0, 0.05) is 9.77 Å². The van der Waals surface area contributed by atoms with Crippen LogP contribution in [0.2, 0.25) is 0 Å². The van der Waals surface area contributed by atoms with Gasteiger partial charge in [-0.25, -0.2) is 0 Å². The van der Waals surface area contributed by atoms with Crippen LogP contribution in [0.25, 0.3) is 0 Å². The molecule has 0 aromatic carbocycles. The fraction of sp³-hybridized carbons (Fsp3) is 0.250. The Hall–Kier alpha value is -0.840. The zero-order valence-electron chi connectivity index (χ0n) is 6.77. The molecule has 74 valence electrons. The molecule has 0 fully saturated rings. The second-order valence-corrected chi connectivity index (χ2v) is 3.53. The smallest absolute Gasteiger partial charge is 0.259 e. The quantitative estimate of drug-likeness (QED) is 0.748. The number of pyridine rings is 1. The van der Waals surface area contributed by atoms with Crippen LogP contribution < -0.4 is 0 Å². The van der Waals surface area contributed by atoms with Crippen molar-refractivity contribution in [2.45, 2.75) is 12.6 Å². The summed E-state index contributed by atoms with van der Waals surface area (Å²) in [5, 5.41) is 8.36. The van der Waals surface area contributed by atoms with Crippen molar-refractivity contribution in [3.05, 3.63) is 27.1 Å². The average molecular weight is 312 g/mol. The minimum absolute atomic E-state index is 0.000787. The molecule has 0 aliphatic carbocycles. The van der Waals surface area contributed by atoms with Gasteiger partial charge in [0.2, 0.25) is 0 Å². The van der Waals surface area contributed by atoms with E-state index in [1.807, 2.05) is 0 Å². The van der Waals surface area contributed by atoms with Gasteiger partial charge in [-0.1, -0.05) is 0 Å². The van der Waals surface area contributed by atoms with Crippen LogP contribution in [-0.2, 0) is 12.6 Å². The van der Waals surface area contributed by atoms with Crippen LogP contribution in [0.1, 0.15) is 11.3 Å². The van der Waals surface area contributed by atoms with E-state index in [2.05, 4.69) is 4.98 Å². The largest absolute Gasteiger partial charge is 0.417 e. The lowest BCUT2D eigenvalue weighted by molar-refractivity contribution is -0.138. The summed E-state index contributed by atoms with van der Waals surface area (Å²) in [5.41, 5.74) is -0.568. The fourth-order valence-electron chi connectivity index (χ4n) is 0.904. The molecule has 1 aromatic rings. The maximum atomic E-state index is 12.4. The van der Waals surface area contributed by atoms with Gasteiger partial charge in [-0.15, -0.1) is 0 Å². The van der Waals surface area contributed by atoms with Crippen LogP contribution in [0.5, 0.6) is 0 Å². The zero-order valence-corrected chi connectivity index (χ0v) is 8.93. The molecule has 0 amide bonds. The summed E-state index contributed by atoms with van der Waals surface area (Å²) in [6, 6.07) is 2.67. The lowest BCUT2D eigenvalue weighted by Crippen LogP contribution is -2.10. The fourth-order valence-corrected chi connectivity index (χ4v) is 1.72. The van der Waals surface area contributed by atoms with Crippen molar-refractivity contribution in [1.82, 2.24) is 4.98 Å². The van der Waals surface area contributed by atoms with Gasteiger partial charge in [0.1, 0.15) is 0 Å². The highest BCUT2D eigenvalue weighted by atomic mass is 127. The number of nitriles is 1. The molecule has 0 N–H and O–H groups in total. The van der Waals surface area contributed by atoms with Crippen molar-refractivity contribution in [3.63, 3.8) is 0 Å². The minimum Gasteiger partial charge on any atom is -0.259 e. The maximum Gasteiger partial charge on any atom is 0.417 e. The molecule has 0 aliphatic rings. The van der Waals surface area contributed by atoms with E-state index in [4.69, 9.17) is 5.26 Å². The lowest BCUT2D eigenvalue weighted by atomic mass is 10.2. The van der Waals surface area contributed by atoms with Crippen LogP contribution in [0.4, 0.5) is 13.2 Å². The van der Waals surface area contributed by atoms with Crippen LogP contribution in [0, 0.1) is 14.9 Å². The summed E-state index contributed by atoms with van der Waals surface area (Å²) in [5.74, 6) is 0. The molecule has 1 heterocycles. The zero-order chi connectivity index (χ0) is 10.8. The molecule has 0 aliphatic heterocycles. The molecular formula is C8H4F3IN2. The Morgan fingerprint density at radius 2 is 2.14 bits per heavy atom. The minimum atomic E-state index is -4.39. The summed E-state index contributed by atoms with van der Waals surface area (Å²) in [7, 11) is 0. The number of hydrogen-bond donors (Lipinski definition) is 0. The van der Waals surface area contributed by atoms with Gasteiger partial charge in [0.25, 0.3) is 0 Å². The average Bonchev–Trinajstić information content (AvgIpc) is 2.07. The van der Waals surface area contributed by atoms with Crippen LogP contribution in [0.3, 0.4) is 0 Å². The molecule has 0 spiro atoms. The van der Waals surface area contributed by atoms with E-state index in [-0.39, 0.29) is 15.7 Å². The van der Waals surface area contributed by atoms with Crippen molar-refractivity contribution >= 4 is 22.6 Å². The molecular weight excluding hydrogens is 308 g/mol. The number of alkyl halides is 3. The Bertz CT molecular complexity index is 381. The van der Waals surface area contributed by atoms with Gasteiger partial charge < -0.3 is 0 Å². The first-order chi connectivity index (χ1) is 6.46. The van der Waals surface area contributed by atoms with Gasteiger partial charge in [-0.05, 0) is 28.7 Å². The van der Waals surface area contributed by atoms with E-state index in [0.717, 1.165) is 12.3 Å². The lowest BCUT2D eigenvalue weighted by Gasteiger charge is -2.09. The second-order valence-electron chi connectivity index (χ2n) is 2.45. The number of hydrogen-bond acceptors (Lipinski definition) is 2. The third-order valence-corrected chi connectivity index (χ3v) is 2.72. The monoisotopic (exact) mass is 312 g/mol. The molecule has 0 saturated heterocycles. The number of aromatic nitrogens is 1. The topological polar surface area (TPSA) is 36.7 Å². The molecule has 14 heavy (non-hydrogen) atoms. The Kier molecular flexibility index (Phi) is 3.31. The van der Waals surface area contributed by atoms with E-state index < -0.39 is 11.7 Å². The van der Waals surface area contributed by atoms with Gasteiger partial charge in [0.15, 0.2) is 0 Å². The molecule has 1 aromatic heterocycles. The van der Waals surface area contributed by atoms with Gasteiger partial charge in [0.05, 0.1) is 23.7 Å². The molecule has 0 atom stereocenters. The predicted molar refractivity (Wildman–Crippen MR) is 51.3 cm³/mol. The summed E-state index contributed by atoms with van der Waals surface area (Å²) >= 11 is 1.56. The van der Waals surface area contributed by atoms with E-state index >= 15 is 0 Å². The molecule has 0 saturated carbocycles. The number of halogens is 4. The Morgan fingerprint density at radius 1 is 1.50 bits per heavy atom. The first-order valence-electron chi connectivity index (χ1n) is 3.54. The molecule has 0 unspecified atom stereocenters. The first kappa shape index (κ1) is 11.2. The maximum absolute atomic E-state index is 12.4. The molecule has 6 heteroatoms. The first-order valence-corrected chi connectivity index (χ1v) is 4.62. The van der Waals surface area contributed by atoms with E-state index in [9.17, 15) is 13.2 Å². The standard InChI is InChI=1S/C8H4F3IN2/c9-8(10,11)5-2-4-14-6(1-3-13)7(5)12/h2,4H,1H2. The van der Waals surface area contributed by atoms with Crippen LogP contribution in [0.15, 0.2) is 12.3 Å². The van der Waals surface area contributed by atoms with Gasteiger partial charge in [-0.3, -0.25) is 4.98 Å². The van der Waals surface area contributed by atoms with Crippen molar-refractivity contribution < 1.29 is 13.2 Å². The van der Waals surface area contributed by atoms with E-state index in [1.54, 1.807) is 28.7 Å². The Labute approximate surface area is 91.9 Å². The normalized spacial score (nSPS) is 11.1.